The molecule has 2 heterocycles. The fourth-order valence-corrected chi connectivity index (χ4v) is 5.95. The van der Waals surface area contributed by atoms with E-state index in [0.29, 0.717) is 13.1 Å². The second kappa shape index (κ2) is 12.3. The molecule has 1 unspecified atom stereocenters. The van der Waals surface area contributed by atoms with E-state index < -0.39 is 16.1 Å². The van der Waals surface area contributed by atoms with Gasteiger partial charge in [-0.25, -0.2) is 8.42 Å². The van der Waals surface area contributed by atoms with Gasteiger partial charge in [-0.2, -0.15) is 4.72 Å². The van der Waals surface area contributed by atoms with Crippen LogP contribution in [0.2, 0.25) is 0 Å². The molecule has 1 aliphatic rings. The smallest absolute Gasteiger partial charge is 0.241 e. The number of amides is 1. The molecule has 36 heavy (non-hydrogen) atoms. The summed E-state index contributed by atoms with van der Waals surface area (Å²) >= 11 is 2.11. The predicted molar refractivity (Wildman–Crippen MR) is 152 cm³/mol. The van der Waals surface area contributed by atoms with E-state index in [4.69, 9.17) is 11.1 Å². The molecule has 1 amide bonds. The van der Waals surface area contributed by atoms with Crippen LogP contribution in [0.25, 0.3) is 10.9 Å². The van der Waals surface area contributed by atoms with Gasteiger partial charge in [-0.1, -0.05) is 18.2 Å². The van der Waals surface area contributed by atoms with E-state index in [2.05, 4.69) is 37.6 Å². The Morgan fingerprint density at radius 3 is 2.67 bits per heavy atom. The Kier molecular flexibility index (Phi) is 9.61. The van der Waals surface area contributed by atoms with Crippen LogP contribution in [0.4, 0.5) is 0 Å². The third-order valence-electron chi connectivity index (χ3n) is 6.26. The van der Waals surface area contributed by atoms with Gasteiger partial charge in [-0.05, 0) is 83.7 Å². The number of aromatic amines is 1. The number of sulfonamides is 1. The Hall–Kier alpha value is -2.35. The van der Waals surface area contributed by atoms with Crippen LogP contribution in [-0.4, -0.2) is 55.8 Å². The summed E-state index contributed by atoms with van der Waals surface area (Å²) in [5.74, 6) is -0.217. The average molecular weight is 645 g/mol. The molecule has 1 saturated heterocycles. The number of benzene rings is 2. The lowest BCUT2D eigenvalue weighted by molar-refractivity contribution is -0.122. The van der Waals surface area contributed by atoms with Crippen molar-refractivity contribution in [3.63, 3.8) is 0 Å². The van der Waals surface area contributed by atoms with Crippen LogP contribution in [0.1, 0.15) is 18.4 Å². The molecule has 0 radical (unpaired) electrons. The van der Waals surface area contributed by atoms with E-state index in [0.717, 1.165) is 39.4 Å². The summed E-state index contributed by atoms with van der Waals surface area (Å²) in [6.45, 7) is 1.72. The maximum absolute atomic E-state index is 13.3. The summed E-state index contributed by atoms with van der Waals surface area (Å²) in [5, 5.41) is 11.6. The highest BCUT2D eigenvalue weighted by molar-refractivity contribution is 14.1. The first-order valence-electron chi connectivity index (χ1n) is 11.4. The van der Waals surface area contributed by atoms with Crippen molar-refractivity contribution in [2.45, 2.75) is 30.2 Å². The highest BCUT2D eigenvalue weighted by Gasteiger charge is 2.28. The molecular weight excluding hydrogens is 615 g/mol. The van der Waals surface area contributed by atoms with Gasteiger partial charge in [0.25, 0.3) is 0 Å². The van der Waals surface area contributed by atoms with E-state index in [1.54, 1.807) is 17.0 Å². The van der Waals surface area contributed by atoms with E-state index >= 15 is 0 Å². The molecule has 4 rings (SSSR count). The maximum atomic E-state index is 13.3. The first kappa shape index (κ1) is 28.2. The lowest BCUT2D eigenvalue weighted by Crippen LogP contribution is -2.51. The Morgan fingerprint density at radius 2 is 1.94 bits per heavy atom. The summed E-state index contributed by atoms with van der Waals surface area (Å²) < 4.78 is 29.8. The Morgan fingerprint density at radius 1 is 1.22 bits per heavy atom. The summed E-state index contributed by atoms with van der Waals surface area (Å²) in [7, 11) is -3.92. The number of H-pyrrole nitrogens is 1. The van der Waals surface area contributed by atoms with Crippen molar-refractivity contribution < 1.29 is 13.2 Å². The second-order valence-corrected chi connectivity index (χ2v) is 11.7. The first-order valence-corrected chi connectivity index (χ1v) is 14.0. The van der Waals surface area contributed by atoms with Gasteiger partial charge in [0, 0.05) is 40.3 Å². The van der Waals surface area contributed by atoms with Crippen LogP contribution in [-0.2, 0) is 21.2 Å². The van der Waals surface area contributed by atoms with Gasteiger partial charge in [0.05, 0.1) is 4.90 Å². The average Bonchev–Trinajstić information content (AvgIpc) is 3.25. The molecule has 0 spiro atoms. The second-order valence-electron chi connectivity index (χ2n) is 8.78. The van der Waals surface area contributed by atoms with Gasteiger partial charge < -0.3 is 20.9 Å². The van der Waals surface area contributed by atoms with E-state index in [1.807, 2.05) is 30.5 Å². The summed E-state index contributed by atoms with van der Waals surface area (Å²) in [6.07, 6.45) is 3.81. The summed E-state index contributed by atoms with van der Waals surface area (Å²) in [6, 6.07) is 13.2. The van der Waals surface area contributed by atoms with Crippen molar-refractivity contribution in [1.82, 2.24) is 19.9 Å². The quantitative estimate of drug-likeness (QED) is 0.146. The monoisotopic (exact) mass is 644 g/mol. The van der Waals surface area contributed by atoms with Crippen molar-refractivity contribution in [1.29, 1.82) is 5.41 Å². The summed E-state index contributed by atoms with van der Waals surface area (Å²) in [5.41, 5.74) is 7.41. The van der Waals surface area contributed by atoms with Crippen molar-refractivity contribution in [2.75, 3.05) is 19.6 Å². The van der Waals surface area contributed by atoms with Crippen molar-refractivity contribution in [3.05, 3.63) is 63.9 Å². The fourth-order valence-electron chi connectivity index (χ4n) is 4.40. The molecule has 3 aromatic rings. The number of piperidine rings is 1. The molecule has 1 aromatic heterocycles. The van der Waals surface area contributed by atoms with Crippen LogP contribution in [0, 0.1) is 14.9 Å². The van der Waals surface area contributed by atoms with Crippen LogP contribution in [0.15, 0.2) is 59.6 Å². The molecule has 0 aliphatic carbocycles. The molecule has 9 nitrogen and oxygen atoms in total. The van der Waals surface area contributed by atoms with Gasteiger partial charge >= 0.3 is 0 Å². The van der Waals surface area contributed by atoms with Crippen LogP contribution in [0.5, 0.6) is 0 Å². The largest absolute Gasteiger partial charge is 0.370 e. The first-order chi connectivity index (χ1) is 16.7. The predicted octanol–water partition coefficient (Wildman–Crippen LogP) is 2.81. The van der Waals surface area contributed by atoms with Crippen LogP contribution in [0.3, 0.4) is 0 Å². The molecule has 1 fully saturated rings. The lowest BCUT2D eigenvalue weighted by atomic mass is 9.98. The normalized spacial score (nSPS) is 16.8. The SMILES string of the molecule is Cl.N=C(N)N1CCCC(CNC(=O)[C@@H](Cc2c[nH]c3ccccc23)NS(=O)(=O)c2ccc(I)cc2)C1. The Balaban J connectivity index is 0.00000361. The number of carbonyl (C=O) groups excluding carboxylic acids is 1. The maximum Gasteiger partial charge on any atom is 0.241 e. The Bertz CT molecular complexity index is 1310. The van der Waals surface area contributed by atoms with E-state index in [-0.39, 0.29) is 41.5 Å². The molecule has 1 aliphatic heterocycles. The number of rotatable bonds is 8. The van der Waals surface area contributed by atoms with Crippen LogP contribution >= 0.6 is 35.0 Å². The Labute approximate surface area is 230 Å². The third kappa shape index (κ3) is 6.90. The molecule has 6 N–H and O–H groups in total. The third-order valence-corrected chi connectivity index (χ3v) is 8.47. The van der Waals surface area contributed by atoms with E-state index in [1.165, 1.54) is 12.1 Å². The van der Waals surface area contributed by atoms with Gasteiger partial charge in [0.2, 0.25) is 15.9 Å². The zero-order chi connectivity index (χ0) is 25.0. The molecule has 0 bridgehead atoms. The standard InChI is InChI=1S/C24H29IN6O3S.ClH/c25-18-7-9-19(10-8-18)35(33,34)30-22(12-17-14-28-21-6-2-1-5-20(17)21)23(32)29-13-16-4-3-11-31(15-16)24(26)27;/h1-2,5-10,14,16,22,28,30H,3-4,11-13,15H2,(H3,26,27)(H,29,32);1H/t16?,22-;/m1./s1. The topological polar surface area (TPSA) is 144 Å². The molecule has 2 aromatic carbocycles. The molecule has 194 valence electrons. The number of likely N-dealkylation sites (tertiary alicyclic amines) is 1. The number of fused-ring (bicyclic) bond motifs is 1. The number of hydrogen-bond donors (Lipinski definition) is 5. The number of aromatic nitrogens is 1. The number of nitrogens with one attached hydrogen (secondary N) is 4. The minimum absolute atomic E-state index is 0. The molecular formula is C24H30ClIN6O3S. The highest BCUT2D eigenvalue weighted by atomic mass is 127. The molecule has 0 saturated carbocycles. The molecule has 12 heteroatoms. The van der Waals surface area contributed by atoms with Gasteiger partial charge in [0.15, 0.2) is 5.96 Å². The number of carbonyl (C=O) groups is 1. The highest BCUT2D eigenvalue weighted by Crippen LogP contribution is 2.21. The molecule has 2 atom stereocenters. The lowest BCUT2D eigenvalue weighted by Gasteiger charge is -2.33. The number of nitrogens with zero attached hydrogens (tertiary/aromatic N) is 1. The van der Waals surface area contributed by atoms with E-state index in [9.17, 15) is 13.2 Å². The zero-order valence-corrected chi connectivity index (χ0v) is 23.3. The zero-order valence-electron chi connectivity index (χ0n) is 19.5. The minimum atomic E-state index is -3.92. The minimum Gasteiger partial charge on any atom is -0.370 e. The van der Waals surface area contributed by atoms with Crippen molar-refractivity contribution in [3.8, 4) is 0 Å². The number of guanidine groups is 1. The number of hydrogen-bond acceptors (Lipinski definition) is 4. The van der Waals surface area contributed by atoms with Gasteiger partial charge in [-0.15, -0.1) is 12.4 Å². The van der Waals surface area contributed by atoms with Crippen molar-refractivity contribution >= 4 is 67.8 Å². The van der Waals surface area contributed by atoms with Gasteiger partial charge in [-0.3, -0.25) is 10.2 Å². The summed E-state index contributed by atoms with van der Waals surface area (Å²) in [4.78, 5) is 18.4. The number of halogens is 2. The number of para-hydroxylation sites is 1. The van der Waals surface area contributed by atoms with Crippen molar-refractivity contribution in [2.24, 2.45) is 11.7 Å². The van der Waals surface area contributed by atoms with Crippen LogP contribution < -0.4 is 15.8 Å². The number of nitrogens with two attached hydrogens (primary N) is 1. The van der Waals surface area contributed by atoms with Gasteiger partial charge in [0.1, 0.15) is 6.04 Å². The fraction of sp³-hybridized carbons (Fsp3) is 0.333.